The molecule has 0 spiro atoms. The van der Waals surface area contributed by atoms with Crippen LogP contribution in [0.1, 0.15) is 11.5 Å². The molecular weight excluding hydrogens is 264 g/mol. The Morgan fingerprint density at radius 3 is 2.89 bits per heavy atom. The topological polar surface area (TPSA) is 80.3 Å². The molecule has 1 aromatic carbocycles. The number of hydrogen-bond acceptors (Lipinski definition) is 5. The Labute approximate surface area is 115 Å². The van der Waals surface area contributed by atoms with Crippen LogP contribution in [0.15, 0.2) is 24.3 Å². The van der Waals surface area contributed by atoms with Gasteiger partial charge in [0.2, 0.25) is 0 Å². The maximum atomic E-state index is 12.1. The second-order valence-corrected chi connectivity index (χ2v) is 5.31. The zero-order chi connectivity index (χ0) is 13.8. The second kappa shape index (κ2) is 6.18. The first kappa shape index (κ1) is 14.0. The van der Waals surface area contributed by atoms with E-state index in [0.717, 1.165) is 15.6 Å². The molecule has 0 amide bonds. The van der Waals surface area contributed by atoms with Gasteiger partial charge in [-0.05, 0) is 24.0 Å². The first-order valence-electron chi connectivity index (χ1n) is 5.98. The lowest BCUT2D eigenvalue weighted by Gasteiger charge is -2.11. The molecule has 0 aliphatic carbocycles. The van der Waals surface area contributed by atoms with E-state index in [1.54, 1.807) is 6.92 Å². The van der Waals surface area contributed by atoms with E-state index in [1.807, 2.05) is 24.3 Å². The van der Waals surface area contributed by atoms with Crippen LogP contribution in [0, 0.1) is 12.1 Å². The molecule has 0 fully saturated rings. The van der Waals surface area contributed by atoms with Gasteiger partial charge in [0.05, 0.1) is 23.8 Å². The summed E-state index contributed by atoms with van der Waals surface area (Å²) in [5.41, 5.74) is 1.43. The van der Waals surface area contributed by atoms with Crippen molar-refractivity contribution < 1.29 is 14.9 Å². The van der Waals surface area contributed by atoms with Crippen LogP contribution in [-0.2, 0) is 5.75 Å². The average Bonchev–Trinajstić information content (AvgIpc) is 2.44. The number of benzene rings is 1. The van der Waals surface area contributed by atoms with E-state index in [0.29, 0.717) is 23.0 Å². The summed E-state index contributed by atoms with van der Waals surface area (Å²) in [7, 11) is 0. The maximum absolute atomic E-state index is 12.1. The molecule has 0 saturated heterocycles. The van der Waals surface area contributed by atoms with Gasteiger partial charge in [-0.15, -0.1) is 11.8 Å². The number of hydrogen-bond donors (Lipinski definition) is 2. The second-order valence-electron chi connectivity index (χ2n) is 4.28. The van der Waals surface area contributed by atoms with Crippen molar-refractivity contribution in [3.8, 4) is 0 Å². The van der Waals surface area contributed by atoms with Gasteiger partial charge >= 0.3 is 5.82 Å². The predicted octanol–water partition coefficient (Wildman–Crippen LogP) is 0.763. The summed E-state index contributed by atoms with van der Waals surface area (Å²) in [5, 5.41) is 30.9. The van der Waals surface area contributed by atoms with Gasteiger partial charge in [0, 0.05) is 5.75 Å². The third-order valence-corrected chi connectivity index (χ3v) is 3.92. The monoisotopic (exact) mass is 280 g/mol. The summed E-state index contributed by atoms with van der Waals surface area (Å²) in [5.74, 6) is 1.21. The molecule has 0 bridgehead atoms. The Morgan fingerprint density at radius 1 is 1.42 bits per heavy atom. The lowest BCUT2D eigenvalue weighted by Crippen LogP contribution is -2.36. The first-order chi connectivity index (χ1) is 9.13. The lowest BCUT2D eigenvalue weighted by molar-refractivity contribution is -0.621. The molecule has 0 saturated carbocycles. The van der Waals surface area contributed by atoms with E-state index < -0.39 is 6.10 Å². The molecule has 102 valence electrons. The normalized spacial score (nSPS) is 12.8. The van der Waals surface area contributed by atoms with Crippen molar-refractivity contribution >= 4 is 22.7 Å². The van der Waals surface area contributed by atoms with Crippen molar-refractivity contribution in [2.45, 2.75) is 18.8 Å². The van der Waals surface area contributed by atoms with Crippen LogP contribution in [0.2, 0.25) is 0 Å². The predicted molar refractivity (Wildman–Crippen MR) is 74.7 cm³/mol. The summed E-state index contributed by atoms with van der Waals surface area (Å²) in [6.45, 7) is 1.50. The molecule has 2 rings (SSSR count). The van der Waals surface area contributed by atoms with Gasteiger partial charge in [0.15, 0.2) is 5.52 Å². The largest absolute Gasteiger partial charge is 0.711 e. The minimum atomic E-state index is -0.758. The van der Waals surface area contributed by atoms with Crippen LogP contribution < -0.4 is 4.73 Å². The summed E-state index contributed by atoms with van der Waals surface area (Å²) in [6.07, 6.45) is -0.758. The number of nitrogens with zero attached hydrogens (tertiary/aromatic N) is 2. The third-order valence-electron chi connectivity index (χ3n) is 2.83. The van der Waals surface area contributed by atoms with E-state index >= 15 is 0 Å². The number of fused-ring (bicyclic) bond motifs is 1. The number of aromatic nitrogens is 2. The highest BCUT2D eigenvalue weighted by Gasteiger charge is 2.15. The molecule has 2 aromatic rings. The number of rotatable bonds is 5. The third kappa shape index (κ3) is 3.15. The molecule has 0 aliphatic rings. The molecule has 0 radical (unpaired) electrons. The van der Waals surface area contributed by atoms with Gasteiger partial charge in [-0.25, -0.2) is 4.73 Å². The molecule has 5 nitrogen and oxygen atoms in total. The van der Waals surface area contributed by atoms with Gasteiger partial charge in [0.25, 0.3) is 0 Å². The molecule has 2 N–H and O–H groups in total. The fourth-order valence-corrected chi connectivity index (χ4v) is 2.65. The molecule has 1 atom stereocenters. The van der Waals surface area contributed by atoms with Gasteiger partial charge in [-0.1, -0.05) is 12.1 Å². The van der Waals surface area contributed by atoms with Gasteiger partial charge in [-0.3, -0.25) is 0 Å². The Hall–Kier alpha value is -1.37. The van der Waals surface area contributed by atoms with Crippen LogP contribution in [0.5, 0.6) is 0 Å². The molecule has 19 heavy (non-hydrogen) atoms. The number of aliphatic hydroxyl groups is 2. The average molecular weight is 280 g/mol. The van der Waals surface area contributed by atoms with Crippen LogP contribution in [0.25, 0.3) is 10.9 Å². The Morgan fingerprint density at radius 2 is 2.16 bits per heavy atom. The van der Waals surface area contributed by atoms with Crippen LogP contribution in [0.4, 0.5) is 0 Å². The minimum absolute atomic E-state index is 0.269. The van der Waals surface area contributed by atoms with E-state index in [-0.39, 0.29) is 6.61 Å². The van der Waals surface area contributed by atoms with E-state index in [9.17, 15) is 10.3 Å². The summed E-state index contributed by atoms with van der Waals surface area (Å²) < 4.78 is 0.834. The highest BCUT2D eigenvalue weighted by Crippen LogP contribution is 2.16. The number of thioether (sulfide) groups is 1. The van der Waals surface area contributed by atoms with Crippen LogP contribution >= 0.6 is 11.8 Å². The zero-order valence-electron chi connectivity index (χ0n) is 10.6. The van der Waals surface area contributed by atoms with E-state index in [2.05, 4.69) is 4.98 Å². The van der Waals surface area contributed by atoms with Gasteiger partial charge in [0.1, 0.15) is 5.69 Å². The summed E-state index contributed by atoms with van der Waals surface area (Å²) >= 11 is 1.38. The maximum Gasteiger partial charge on any atom is 0.312 e. The molecule has 0 aliphatic heterocycles. The lowest BCUT2D eigenvalue weighted by atomic mass is 10.2. The molecule has 6 heteroatoms. The fraction of sp³-hybridized carbons (Fsp3) is 0.385. The number of aryl methyl sites for hydroxylation is 1. The van der Waals surface area contributed by atoms with Crippen LogP contribution in [-0.4, -0.2) is 33.7 Å². The van der Waals surface area contributed by atoms with E-state index in [1.165, 1.54) is 11.8 Å². The fourth-order valence-electron chi connectivity index (χ4n) is 1.79. The first-order valence-corrected chi connectivity index (χ1v) is 7.13. The quantitative estimate of drug-likeness (QED) is 0.624. The van der Waals surface area contributed by atoms with Gasteiger partial charge < -0.3 is 15.4 Å². The summed E-state index contributed by atoms with van der Waals surface area (Å²) in [6, 6.07) is 7.51. The molecule has 1 heterocycles. The van der Waals surface area contributed by atoms with Crippen molar-refractivity contribution in [1.29, 1.82) is 0 Å². The van der Waals surface area contributed by atoms with Crippen LogP contribution in [0.3, 0.4) is 0 Å². The SMILES string of the molecule is Cc1c2ccccc2nc(CSC[C@H](O)CO)[n+]1[O-]. The van der Waals surface area contributed by atoms with Gasteiger partial charge in [-0.2, -0.15) is 0 Å². The molecule has 0 unspecified atom stereocenters. The number of aliphatic hydroxyl groups excluding tert-OH is 2. The van der Waals surface area contributed by atoms with Crippen molar-refractivity contribution in [3.05, 3.63) is 41.0 Å². The highest BCUT2D eigenvalue weighted by molar-refractivity contribution is 7.98. The highest BCUT2D eigenvalue weighted by atomic mass is 32.2. The van der Waals surface area contributed by atoms with Crippen molar-refractivity contribution in [2.75, 3.05) is 12.4 Å². The van der Waals surface area contributed by atoms with Crippen molar-refractivity contribution in [3.63, 3.8) is 0 Å². The Kier molecular flexibility index (Phi) is 4.57. The molecule has 1 aromatic heterocycles. The molecular formula is C13H16N2O3S. The summed E-state index contributed by atoms with van der Waals surface area (Å²) in [4.78, 5) is 4.34. The number of para-hydroxylation sites is 1. The van der Waals surface area contributed by atoms with E-state index in [4.69, 9.17) is 5.11 Å². The Bertz CT molecular complexity index is 577. The smallest absolute Gasteiger partial charge is 0.312 e. The van der Waals surface area contributed by atoms with Crippen molar-refractivity contribution in [2.24, 2.45) is 0 Å². The zero-order valence-corrected chi connectivity index (χ0v) is 11.4. The van der Waals surface area contributed by atoms with Crippen molar-refractivity contribution in [1.82, 2.24) is 4.98 Å². The standard InChI is InChI=1S/C13H16N2O3S/c1-9-11-4-2-3-5-12(11)14-13(15(9)18)8-19-7-10(17)6-16/h2-5,10,16-17H,6-8H2,1H3/t10-/m1/s1. The Balaban J connectivity index is 2.21. The minimum Gasteiger partial charge on any atom is -0.711 e.